The minimum Gasteiger partial charge on any atom is -0.456 e. The molecule has 0 saturated heterocycles. The van der Waals surface area contributed by atoms with Crippen LogP contribution >= 0.6 is 22.7 Å². The van der Waals surface area contributed by atoms with Gasteiger partial charge in [0, 0.05) is 61.9 Å². The fraction of sp³-hybridized carbons (Fsp3) is 0. The predicted molar refractivity (Wildman–Crippen MR) is 257 cm³/mol. The summed E-state index contributed by atoms with van der Waals surface area (Å²) in [4.78, 5) is 14.3. The predicted octanol–water partition coefficient (Wildman–Crippen LogP) is 15.8. The Balaban J connectivity index is 0.871. The Kier molecular flexibility index (Phi) is 6.47. The van der Waals surface area contributed by atoms with Gasteiger partial charge in [0.1, 0.15) is 11.2 Å². The van der Waals surface area contributed by atoms with Crippen molar-refractivity contribution in [3.05, 3.63) is 186 Å². The molecule has 0 amide bonds. The molecule has 0 aliphatic heterocycles. The van der Waals surface area contributed by atoms with Crippen LogP contribution in [0.25, 0.3) is 134 Å². The molecule has 5 heteroatoms. The zero-order chi connectivity index (χ0) is 39.2. The van der Waals surface area contributed by atoms with Crippen molar-refractivity contribution >= 4 is 123 Å². The van der Waals surface area contributed by atoms with Gasteiger partial charge in [0.25, 0.3) is 0 Å². The summed E-state index contributed by atoms with van der Waals surface area (Å²) >= 11 is 3.63. The maximum absolute atomic E-state index is 14.3. The summed E-state index contributed by atoms with van der Waals surface area (Å²) in [7, 11) is 0. The van der Waals surface area contributed by atoms with Gasteiger partial charge in [0.2, 0.25) is 5.43 Å². The van der Waals surface area contributed by atoms with E-state index in [1.807, 2.05) is 46.9 Å². The van der Waals surface area contributed by atoms with E-state index in [2.05, 4.69) is 156 Å². The van der Waals surface area contributed by atoms with E-state index in [1.54, 1.807) is 0 Å². The zero-order valence-corrected chi connectivity index (χ0v) is 33.5. The van der Waals surface area contributed by atoms with Crippen LogP contribution in [0.15, 0.2) is 185 Å². The molecule has 0 radical (unpaired) electrons. The molecule has 0 N–H and O–H groups in total. The molecule has 0 bridgehead atoms. The number of hydrogen-bond donors (Lipinski definition) is 0. The van der Waals surface area contributed by atoms with Gasteiger partial charge in [0.05, 0.1) is 27.3 Å². The first-order chi connectivity index (χ1) is 29.6. The maximum atomic E-state index is 14.3. The summed E-state index contributed by atoms with van der Waals surface area (Å²) < 4.78 is 13.9. The molecule has 0 atom stereocenters. The lowest BCUT2D eigenvalue weighted by atomic mass is 9.98. The summed E-state index contributed by atoms with van der Waals surface area (Å²) in [5.74, 6) is 0. The molecule has 9 aromatic carbocycles. The van der Waals surface area contributed by atoms with Crippen LogP contribution in [0, 0.1) is 0 Å². The highest BCUT2D eigenvalue weighted by molar-refractivity contribution is 7.26. The smallest absolute Gasteiger partial charge is 0.200 e. The van der Waals surface area contributed by atoms with Crippen LogP contribution < -0.4 is 5.43 Å². The minimum atomic E-state index is -0.0187. The number of para-hydroxylation sites is 2. The number of hydrogen-bond acceptors (Lipinski definition) is 4. The van der Waals surface area contributed by atoms with Crippen molar-refractivity contribution in [3.63, 3.8) is 0 Å². The fourth-order valence-electron chi connectivity index (χ4n) is 9.87. The highest BCUT2D eigenvalue weighted by Gasteiger charge is 2.18. The van der Waals surface area contributed by atoms with Crippen LogP contribution in [-0.4, -0.2) is 4.40 Å². The van der Waals surface area contributed by atoms with Crippen LogP contribution in [0.3, 0.4) is 0 Å². The Morgan fingerprint density at radius 3 is 1.38 bits per heavy atom. The van der Waals surface area contributed by atoms with E-state index in [0.29, 0.717) is 21.9 Å². The molecule has 5 aromatic heterocycles. The van der Waals surface area contributed by atoms with E-state index in [1.165, 1.54) is 89.6 Å². The van der Waals surface area contributed by atoms with Crippen LogP contribution in [0.2, 0.25) is 0 Å². The highest BCUT2D eigenvalue weighted by Crippen LogP contribution is 2.43. The van der Waals surface area contributed by atoms with Crippen LogP contribution in [0.5, 0.6) is 0 Å². The van der Waals surface area contributed by atoms with Gasteiger partial charge >= 0.3 is 0 Å². The first-order valence-electron chi connectivity index (χ1n) is 20.2. The quantitative estimate of drug-likeness (QED) is 0.167. The van der Waals surface area contributed by atoms with Crippen LogP contribution in [-0.2, 0) is 0 Å². The maximum Gasteiger partial charge on any atom is 0.200 e. The van der Waals surface area contributed by atoms with Crippen molar-refractivity contribution in [3.8, 4) is 33.4 Å². The van der Waals surface area contributed by atoms with Gasteiger partial charge in [-0.2, -0.15) is 0 Å². The van der Waals surface area contributed by atoms with Gasteiger partial charge in [-0.1, -0.05) is 97.1 Å². The number of benzene rings is 9. The van der Waals surface area contributed by atoms with Crippen molar-refractivity contribution in [1.29, 1.82) is 0 Å². The average Bonchev–Trinajstić information content (AvgIpc) is 4.05. The molecule has 0 aliphatic rings. The van der Waals surface area contributed by atoms with Crippen LogP contribution in [0.4, 0.5) is 0 Å². The standard InChI is InChI=1S/C55H29NO2S2/c57-55-44-27-30(32-15-21-51-41(24-32)38-7-2-4-11-50(38)59-51)13-19-48(44)58-49-20-14-31(28-45(49)55)33-16-22-52-42(25-33)43-26-34(17-23-53(43)60-52)35-12-18-37-40-9-5-8-39-36-6-1-3-10-46(36)56(54(39)40)47(37)29-35/h1-29H. The van der Waals surface area contributed by atoms with Crippen molar-refractivity contribution in [2.45, 2.75) is 0 Å². The topological polar surface area (TPSA) is 34.6 Å². The molecule has 14 aromatic rings. The Bertz CT molecular complexity index is 4220. The average molecular weight is 800 g/mol. The first-order valence-corrected chi connectivity index (χ1v) is 21.8. The third-order valence-corrected chi connectivity index (χ3v) is 15.0. The molecule has 5 heterocycles. The van der Waals surface area contributed by atoms with E-state index in [4.69, 9.17) is 4.42 Å². The van der Waals surface area contributed by atoms with E-state index in [0.717, 1.165) is 22.3 Å². The zero-order valence-electron chi connectivity index (χ0n) is 31.8. The highest BCUT2D eigenvalue weighted by atomic mass is 32.1. The Labute approximate surface area is 349 Å². The third kappa shape index (κ3) is 4.50. The molecule has 3 nitrogen and oxygen atoms in total. The second kappa shape index (κ2) is 11.9. The number of rotatable bonds is 3. The normalized spacial score (nSPS) is 12.4. The lowest BCUT2D eigenvalue weighted by Crippen LogP contribution is -2.02. The van der Waals surface area contributed by atoms with Gasteiger partial charge < -0.3 is 8.82 Å². The summed E-state index contributed by atoms with van der Waals surface area (Å²) in [5, 5.41) is 11.3. The Morgan fingerprint density at radius 1 is 0.333 bits per heavy atom. The number of fused-ring (bicyclic) bond motifs is 14. The SMILES string of the molecule is O=c1c2cc(-c3ccc4sc5ccccc5c4c3)ccc2oc2ccc(-c3ccc4sc5ccc(-c6ccc7c8cccc9c%10ccccc%10n(c7c6)c98)cc5c4c3)cc12. The van der Waals surface area contributed by atoms with E-state index >= 15 is 0 Å². The van der Waals surface area contributed by atoms with E-state index in [-0.39, 0.29) is 5.43 Å². The molecule has 0 spiro atoms. The van der Waals surface area contributed by atoms with Crippen LogP contribution in [0.1, 0.15) is 0 Å². The van der Waals surface area contributed by atoms with Crippen molar-refractivity contribution in [1.82, 2.24) is 4.40 Å². The Morgan fingerprint density at radius 2 is 0.767 bits per heavy atom. The molecule has 0 saturated carbocycles. The molecule has 0 fully saturated rings. The lowest BCUT2D eigenvalue weighted by Gasteiger charge is -2.08. The monoisotopic (exact) mass is 799 g/mol. The second-order valence-electron chi connectivity index (χ2n) is 16.0. The molecule has 278 valence electrons. The third-order valence-electron chi connectivity index (χ3n) is 12.7. The number of nitrogens with zero attached hydrogens (tertiary/aromatic N) is 1. The molecule has 60 heavy (non-hydrogen) atoms. The van der Waals surface area contributed by atoms with Crippen molar-refractivity contribution in [2.75, 3.05) is 0 Å². The number of thiophene rings is 2. The van der Waals surface area contributed by atoms with Gasteiger partial charge in [0.15, 0.2) is 0 Å². The first kappa shape index (κ1) is 32.6. The summed E-state index contributed by atoms with van der Waals surface area (Å²) in [6.45, 7) is 0. The summed E-state index contributed by atoms with van der Waals surface area (Å²) in [6.07, 6.45) is 0. The van der Waals surface area contributed by atoms with Gasteiger partial charge in [-0.3, -0.25) is 4.79 Å². The molecular formula is C55H29NO2S2. The Hall–Kier alpha value is -7.31. The fourth-order valence-corrected chi connectivity index (χ4v) is 12.0. The lowest BCUT2D eigenvalue weighted by molar-refractivity contribution is 0.660. The van der Waals surface area contributed by atoms with Gasteiger partial charge in [-0.15, -0.1) is 22.7 Å². The minimum absolute atomic E-state index is 0.0187. The molecule has 14 rings (SSSR count). The summed E-state index contributed by atoms with van der Waals surface area (Å²) in [5.41, 5.74) is 11.5. The summed E-state index contributed by atoms with van der Waals surface area (Å²) in [6, 6.07) is 63.0. The molecule has 0 unspecified atom stereocenters. The van der Waals surface area contributed by atoms with E-state index < -0.39 is 0 Å². The second-order valence-corrected chi connectivity index (χ2v) is 18.1. The van der Waals surface area contributed by atoms with Gasteiger partial charge in [-0.05, 0) is 112 Å². The molecular weight excluding hydrogens is 771 g/mol. The largest absolute Gasteiger partial charge is 0.456 e. The van der Waals surface area contributed by atoms with E-state index in [9.17, 15) is 4.79 Å². The van der Waals surface area contributed by atoms with Crippen molar-refractivity contribution in [2.24, 2.45) is 0 Å². The number of aromatic nitrogens is 1. The van der Waals surface area contributed by atoms with Crippen molar-refractivity contribution < 1.29 is 4.42 Å². The molecule has 0 aliphatic carbocycles. The van der Waals surface area contributed by atoms with Gasteiger partial charge in [-0.25, -0.2) is 0 Å².